The van der Waals surface area contributed by atoms with E-state index in [9.17, 15) is 9.59 Å². The molecule has 1 unspecified atom stereocenters. The number of hydrogen-bond acceptors (Lipinski definition) is 6. The minimum Gasteiger partial charge on any atom is -0.319 e. The van der Waals surface area contributed by atoms with Crippen molar-refractivity contribution in [3.8, 4) is 17.1 Å². The molecule has 1 aromatic carbocycles. The van der Waals surface area contributed by atoms with E-state index in [0.29, 0.717) is 16.5 Å². The van der Waals surface area contributed by atoms with Crippen molar-refractivity contribution in [1.29, 1.82) is 0 Å². The van der Waals surface area contributed by atoms with Crippen LogP contribution in [-0.4, -0.2) is 35.8 Å². The summed E-state index contributed by atoms with van der Waals surface area (Å²) in [4.78, 5) is 27.3. The molecule has 1 N–H and O–H groups in total. The number of benzene rings is 1. The molecule has 1 amide bonds. The zero-order valence-electron chi connectivity index (χ0n) is 20.2. The van der Waals surface area contributed by atoms with Crippen LogP contribution >= 0.6 is 23.1 Å². The van der Waals surface area contributed by atoms with Gasteiger partial charge in [0.1, 0.15) is 5.69 Å². The van der Waals surface area contributed by atoms with Crippen LogP contribution in [0.25, 0.3) is 17.1 Å². The van der Waals surface area contributed by atoms with E-state index in [1.54, 1.807) is 27.7 Å². The molecule has 0 fully saturated rings. The van der Waals surface area contributed by atoms with Gasteiger partial charge < -0.3 is 9.88 Å². The molecule has 5 rings (SSSR count). The van der Waals surface area contributed by atoms with Gasteiger partial charge in [0.15, 0.2) is 11.0 Å². The Balaban J connectivity index is 1.30. The number of aromatic nitrogens is 5. The highest BCUT2D eigenvalue weighted by Gasteiger charge is 2.24. The van der Waals surface area contributed by atoms with Crippen molar-refractivity contribution in [2.75, 3.05) is 11.1 Å². The van der Waals surface area contributed by atoms with Gasteiger partial charge in [0, 0.05) is 29.9 Å². The third-order valence-electron chi connectivity index (χ3n) is 6.63. The maximum atomic E-state index is 13.0. The number of nitrogens with zero attached hydrogens (tertiary/aromatic N) is 5. The van der Waals surface area contributed by atoms with E-state index in [2.05, 4.69) is 27.8 Å². The van der Waals surface area contributed by atoms with Gasteiger partial charge in [0.25, 0.3) is 5.56 Å². The van der Waals surface area contributed by atoms with Crippen LogP contribution in [0, 0.1) is 12.8 Å². The van der Waals surface area contributed by atoms with Crippen LogP contribution in [0.2, 0.25) is 0 Å². The van der Waals surface area contributed by atoms with Crippen LogP contribution in [0.1, 0.15) is 29.5 Å². The van der Waals surface area contributed by atoms with Gasteiger partial charge in [-0.25, -0.2) is 4.68 Å². The minimum absolute atomic E-state index is 0.129. The van der Waals surface area contributed by atoms with E-state index in [1.165, 1.54) is 28.6 Å². The SMILES string of the molecule is Cc1c(NC(=O)CSc2nnc(-c3csc4c3CCC(C)C4)n2C)c(=O)n(-c2ccccc2)n1C. The quantitative estimate of drug-likeness (QED) is 0.395. The molecule has 3 heterocycles. The molecule has 0 aliphatic heterocycles. The first-order chi connectivity index (χ1) is 16.8. The number of thioether (sulfide) groups is 1. The molecule has 35 heavy (non-hydrogen) atoms. The van der Waals surface area contributed by atoms with Gasteiger partial charge in [0.2, 0.25) is 5.91 Å². The lowest BCUT2D eigenvalue weighted by Gasteiger charge is -2.18. The average molecular weight is 509 g/mol. The van der Waals surface area contributed by atoms with E-state index >= 15 is 0 Å². The molecule has 8 nitrogen and oxygen atoms in total. The van der Waals surface area contributed by atoms with Gasteiger partial charge in [-0.05, 0) is 49.8 Å². The first-order valence-electron chi connectivity index (χ1n) is 11.6. The molecular weight excluding hydrogens is 480 g/mol. The normalized spacial score (nSPS) is 15.3. The summed E-state index contributed by atoms with van der Waals surface area (Å²) in [6.07, 6.45) is 3.40. The third kappa shape index (κ3) is 4.36. The second-order valence-corrected chi connectivity index (χ2v) is 10.9. The number of carbonyl (C=O) groups is 1. The second-order valence-electron chi connectivity index (χ2n) is 9.04. The van der Waals surface area contributed by atoms with Gasteiger partial charge in [-0.1, -0.05) is 36.9 Å². The Hall–Kier alpha value is -3.11. The molecule has 182 valence electrons. The fourth-order valence-corrected chi connectivity index (χ4v) is 6.51. The van der Waals surface area contributed by atoms with Crippen molar-refractivity contribution >= 4 is 34.7 Å². The van der Waals surface area contributed by atoms with E-state index in [-0.39, 0.29) is 17.2 Å². The Bertz CT molecular complexity index is 1450. The van der Waals surface area contributed by atoms with Crippen molar-refractivity contribution in [3.05, 3.63) is 62.2 Å². The summed E-state index contributed by atoms with van der Waals surface area (Å²) in [5.41, 5.74) is 4.02. The van der Waals surface area contributed by atoms with Crippen LogP contribution in [-0.2, 0) is 31.7 Å². The molecule has 0 saturated heterocycles. The zero-order chi connectivity index (χ0) is 24.7. The van der Waals surface area contributed by atoms with Crippen molar-refractivity contribution in [2.24, 2.45) is 20.0 Å². The minimum atomic E-state index is -0.257. The molecule has 0 spiro atoms. The van der Waals surface area contributed by atoms with Crippen LogP contribution in [0.15, 0.2) is 45.7 Å². The number of carbonyl (C=O) groups excluding carboxylic acids is 1. The van der Waals surface area contributed by atoms with Crippen LogP contribution in [0.4, 0.5) is 5.69 Å². The summed E-state index contributed by atoms with van der Waals surface area (Å²) in [7, 11) is 3.74. The van der Waals surface area contributed by atoms with Crippen molar-refractivity contribution < 1.29 is 4.79 Å². The molecule has 4 aromatic rings. The number of amides is 1. The van der Waals surface area contributed by atoms with Crippen LogP contribution in [0.5, 0.6) is 0 Å². The molecule has 1 atom stereocenters. The summed E-state index contributed by atoms with van der Waals surface area (Å²) in [5.74, 6) is 1.44. The molecule has 3 aromatic heterocycles. The Morgan fingerprint density at radius 1 is 1.23 bits per heavy atom. The number of anilines is 1. The molecule has 1 aliphatic carbocycles. The van der Waals surface area contributed by atoms with Crippen LogP contribution in [0.3, 0.4) is 0 Å². The Labute approximate surface area is 212 Å². The maximum absolute atomic E-state index is 13.0. The number of para-hydroxylation sites is 1. The Morgan fingerprint density at radius 2 is 2.00 bits per heavy atom. The van der Waals surface area contributed by atoms with Crippen molar-refractivity contribution in [3.63, 3.8) is 0 Å². The molecule has 0 saturated carbocycles. The molecule has 0 bridgehead atoms. The number of nitrogens with one attached hydrogen (secondary N) is 1. The lowest BCUT2D eigenvalue weighted by atomic mass is 9.88. The fraction of sp³-hybridized carbons (Fsp3) is 0.360. The van der Waals surface area contributed by atoms with Crippen molar-refractivity contribution in [1.82, 2.24) is 24.1 Å². The van der Waals surface area contributed by atoms with E-state index < -0.39 is 0 Å². The number of thiophene rings is 1. The summed E-state index contributed by atoms with van der Waals surface area (Å²) in [5, 5.41) is 14.4. The smallest absolute Gasteiger partial charge is 0.295 e. The summed E-state index contributed by atoms with van der Waals surface area (Å²) >= 11 is 3.12. The predicted molar refractivity (Wildman–Crippen MR) is 141 cm³/mol. The highest BCUT2D eigenvalue weighted by Crippen LogP contribution is 2.38. The van der Waals surface area contributed by atoms with Gasteiger partial charge >= 0.3 is 0 Å². The largest absolute Gasteiger partial charge is 0.319 e. The van der Waals surface area contributed by atoms with Gasteiger partial charge in [-0.2, -0.15) is 0 Å². The van der Waals surface area contributed by atoms with E-state index in [0.717, 1.165) is 35.8 Å². The standard InChI is InChI=1S/C25H28N6O2S2/c1-15-10-11-18-19(13-34-20(18)12-15)23-27-28-25(29(23)3)35-14-21(32)26-22-16(2)30(4)31(24(22)33)17-8-6-5-7-9-17/h5-9,13,15H,10-12,14H2,1-4H3,(H,26,32). The van der Waals surface area contributed by atoms with E-state index in [4.69, 9.17) is 0 Å². The van der Waals surface area contributed by atoms with Crippen molar-refractivity contribution in [2.45, 2.75) is 38.3 Å². The monoisotopic (exact) mass is 508 g/mol. The fourth-order valence-electron chi connectivity index (χ4n) is 4.56. The Morgan fingerprint density at radius 3 is 2.77 bits per heavy atom. The predicted octanol–water partition coefficient (Wildman–Crippen LogP) is 4.20. The number of fused-ring (bicyclic) bond motifs is 1. The van der Waals surface area contributed by atoms with E-state index in [1.807, 2.05) is 48.9 Å². The van der Waals surface area contributed by atoms with Crippen LogP contribution < -0.4 is 10.9 Å². The molecular formula is C25H28N6O2S2. The average Bonchev–Trinajstić information content (AvgIpc) is 3.48. The third-order valence-corrected chi connectivity index (χ3v) is 8.70. The molecule has 10 heteroatoms. The maximum Gasteiger partial charge on any atom is 0.295 e. The lowest BCUT2D eigenvalue weighted by molar-refractivity contribution is -0.113. The summed E-state index contributed by atoms with van der Waals surface area (Å²) < 4.78 is 5.25. The van der Waals surface area contributed by atoms with Gasteiger partial charge in [-0.3, -0.25) is 14.3 Å². The topological polar surface area (TPSA) is 86.7 Å². The first kappa shape index (κ1) is 23.6. The molecule has 1 aliphatic rings. The number of hydrogen-bond donors (Lipinski definition) is 1. The highest BCUT2D eigenvalue weighted by atomic mass is 32.2. The molecule has 0 radical (unpaired) electrons. The highest BCUT2D eigenvalue weighted by molar-refractivity contribution is 7.99. The van der Waals surface area contributed by atoms with Gasteiger partial charge in [0.05, 0.1) is 17.1 Å². The first-order valence-corrected chi connectivity index (χ1v) is 13.5. The summed E-state index contributed by atoms with van der Waals surface area (Å²) in [6.45, 7) is 4.12. The Kier molecular flexibility index (Phi) is 6.41. The van der Waals surface area contributed by atoms with Gasteiger partial charge in [-0.15, -0.1) is 21.5 Å². The summed E-state index contributed by atoms with van der Waals surface area (Å²) in [6, 6.07) is 9.37. The zero-order valence-corrected chi connectivity index (χ0v) is 21.9. The number of rotatable bonds is 6. The second kappa shape index (κ2) is 9.50. The lowest BCUT2D eigenvalue weighted by Crippen LogP contribution is -2.23.